The second-order valence-electron chi connectivity index (χ2n) is 7.18. The zero-order valence-corrected chi connectivity index (χ0v) is 15.7. The predicted octanol–water partition coefficient (Wildman–Crippen LogP) is 2.09. The smallest absolute Gasteiger partial charge is 0.226 e. The summed E-state index contributed by atoms with van der Waals surface area (Å²) in [6.45, 7) is 2.91. The van der Waals surface area contributed by atoms with E-state index in [9.17, 15) is 9.18 Å². The van der Waals surface area contributed by atoms with Gasteiger partial charge in [-0.2, -0.15) is 0 Å². The van der Waals surface area contributed by atoms with E-state index in [0.29, 0.717) is 24.7 Å². The fraction of sp³-hybridized carbons (Fsp3) is 0.381. The molecule has 0 bridgehead atoms. The molecule has 4 rings (SSSR count). The normalized spacial score (nSPS) is 21.7. The lowest BCUT2D eigenvalue weighted by molar-refractivity contribution is -0.121. The molecule has 0 saturated carbocycles. The van der Waals surface area contributed by atoms with Gasteiger partial charge in [-0.05, 0) is 24.1 Å². The van der Waals surface area contributed by atoms with Crippen LogP contribution in [0.15, 0.2) is 47.6 Å². The topological polar surface area (TPSA) is 75.6 Å². The minimum absolute atomic E-state index is 0.0652. The van der Waals surface area contributed by atoms with Gasteiger partial charge >= 0.3 is 0 Å². The highest BCUT2D eigenvalue weighted by Crippen LogP contribution is 2.20. The number of rotatable bonds is 5. The SMILES string of the molecule is C[C@@H](NC(=O)Cc1cc2c(cn1)C(N[C@H]1COC[C@H]1F)=NC2)c1ccccc1. The molecule has 0 aliphatic carbocycles. The van der Waals surface area contributed by atoms with Crippen molar-refractivity contribution in [3.63, 3.8) is 0 Å². The fourth-order valence-electron chi connectivity index (χ4n) is 3.48. The molecule has 0 spiro atoms. The van der Waals surface area contributed by atoms with E-state index in [1.165, 1.54) is 0 Å². The average Bonchev–Trinajstić information content (AvgIpc) is 3.29. The molecule has 1 amide bonds. The van der Waals surface area contributed by atoms with Gasteiger partial charge in [0, 0.05) is 11.8 Å². The molecule has 3 heterocycles. The van der Waals surface area contributed by atoms with Crippen molar-refractivity contribution in [1.29, 1.82) is 0 Å². The summed E-state index contributed by atoms with van der Waals surface area (Å²) in [4.78, 5) is 21.2. The van der Waals surface area contributed by atoms with Gasteiger partial charge in [-0.3, -0.25) is 14.8 Å². The number of halogens is 1. The van der Waals surface area contributed by atoms with E-state index in [2.05, 4.69) is 20.6 Å². The number of aromatic nitrogens is 1. The molecular weight excluding hydrogens is 359 g/mol. The van der Waals surface area contributed by atoms with Crippen LogP contribution in [-0.4, -0.2) is 42.2 Å². The van der Waals surface area contributed by atoms with Crippen LogP contribution in [0.1, 0.15) is 35.3 Å². The second-order valence-corrected chi connectivity index (χ2v) is 7.18. The Morgan fingerprint density at radius 2 is 2.14 bits per heavy atom. The van der Waals surface area contributed by atoms with Gasteiger partial charge in [0.15, 0.2) is 0 Å². The molecule has 1 aromatic heterocycles. The molecule has 7 heteroatoms. The minimum Gasteiger partial charge on any atom is -0.376 e. The summed E-state index contributed by atoms with van der Waals surface area (Å²) >= 11 is 0. The van der Waals surface area contributed by atoms with E-state index in [0.717, 1.165) is 16.7 Å². The first kappa shape index (κ1) is 18.6. The zero-order valence-electron chi connectivity index (χ0n) is 15.7. The summed E-state index contributed by atoms with van der Waals surface area (Å²) in [5.41, 5.74) is 3.61. The van der Waals surface area contributed by atoms with Gasteiger partial charge in [0.05, 0.1) is 44.0 Å². The van der Waals surface area contributed by atoms with E-state index in [1.54, 1.807) is 6.20 Å². The van der Waals surface area contributed by atoms with E-state index in [4.69, 9.17) is 4.74 Å². The number of pyridine rings is 1. The molecule has 2 aliphatic rings. The van der Waals surface area contributed by atoms with Crippen LogP contribution in [0.2, 0.25) is 0 Å². The molecule has 2 aromatic rings. The van der Waals surface area contributed by atoms with E-state index >= 15 is 0 Å². The minimum atomic E-state index is -1.03. The summed E-state index contributed by atoms with van der Waals surface area (Å²) in [6.07, 6.45) is 0.880. The van der Waals surface area contributed by atoms with Gasteiger partial charge in [0.1, 0.15) is 12.0 Å². The van der Waals surface area contributed by atoms with E-state index in [-0.39, 0.29) is 31.0 Å². The highest BCUT2D eigenvalue weighted by Gasteiger charge is 2.30. The third kappa shape index (κ3) is 4.04. The second kappa shape index (κ2) is 8.06. The number of amides is 1. The molecule has 1 aromatic carbocycles. The first-order valence-corrected chi connectivity index (χ1v) is 9.45. The Hall–Kier alpha value is -2.80. The van der Waals surface area contributed by atoms with Crippen molar-refractivity contribution in [3.8, 4) is 0 Å². The molecule has 0 unspecified atom stereocenters. The number of fused-ring (bicyclic) bond motifs is 1. The van der Waals surface area contributed by atoms with Gasteiger partial charge in [-0.15, -0.1) is 0 Å². The van der Waals surface area contributed by atoms with Crippen LogP contribution >= 0.6 is 0 Å². The predicted molar refractivity (Wildman–Crippen MR) is 104 cm³/mol. The van der Waals surface area contributed by atoms with Crippen LogP contribution < -0.4 is 10.6 Å². The number of alkyl halides is 1. The Kier molecular flexibility index (Phi) is 5.34. The summed E-state index contributed by atoms with van der Waals surface area (Å²) < 4.78 is 18.9. The number of ether oxygens (including phenoxy) is 1. The number of aliphatic imine (C=N–C) groups is 1. The monoisotopic (exact) mass is 382 g/mol. The van der Waals surface area contributed by atoms with Crippen LogP contribution in [0.25, 0.3) is 0 Å². The Morgan fingerprint density at radius 1 is 1.32 bits per heavy atom. The lowest BCUT2D eigenvalue weighted by Gasteiger charge is -2.15. The molecule has 2 N–H and O–H groups in total. The zero-order chi connectivity index (χ0) is 19.5. The molecule has 6 nitrogen and oxygen atoms in total. The summed E-state index contributed by atoms with van der Waals surface area (Å²) in [6, 6.07) is 11.3. The Morgan fingerprint density at radius 3 is 2.89 bits per heavy atom. The third-order valence-electron chi connectivity index (χ3n) is 5.06. The summed E-state index contributed by atoms with van der Waals surface area (Å²) in [7, 11) is 0. The lowest BCUT2D eigenvalue weighted by atomic mass is 10.1. The van der Waals surface area contributed by atoms with Crippen LogP contribution in [0.4, 0.5) is 4.39 Å². The molecule has 0 radical (unpaired) electrons. The summed E-state index contributed by atoms with van der Waals surface area (Å²) in [5.74, 6) is 0.568. The molecule has 2 aliphatic heterocycles. The van der Waals surface area contributed by atoms with Crippen LogP contribution in [-0.2, 0) is 22.5 Å². The van der Waals surface area contributed by atoms with Crippen molar-refractivity contribution in [2.45, 2.75) is 38.1 Å². The van der Waals surface area contributed by atoms with E-state index in [1.807, 2.05) is 43.3 Å². The molecule has 1 fully saturated rings. The summed E-state index contributed by atoms with van der Waals surface area (Å²) in [5, 5.41) is 6.12. The maximum atomic E-state index is 13.7. The van der Waals surface area contributed by atoms with Crippen LogP contribution in [0.5, 0.6) is 0 Å². The molecule has 3 atom stereocenters. The first-order chi connectivity index (χ1) is 13.6. The number of nitrogens with zero attached hydrogens (tertiary/aromatic N) is 2. The standard InChI is InChI=1S/C21H23FN4O2/c1-13(14-5-3-2-4-6-14)25-20(27)8-16-7-15-9-24-21(17(15)10-23-16)26-19-12-28-11-18(19)22/h2-7,10,13,18-19H,8-9,11-12H2,1H3,(H,24,26)(H,25,27)/t13-,18-,19+/m1/s1. The highest BCUT2D eigenvalue weighted by molar-refractivity contribution is 6.02. The maximum absolute atomic E-state index is 13.7. The van der Waals surface area contributed by atoms with Crippen molar-refractivity contribution >= 4 is 11.7 Å². The quantitative estimate of drug-likeness (QED) is 0.830. The first-order valence-electron chi connectivity index (χ1n) is 9.45. The van der Waals surface area contributed by atoms with Gasteiger partial charge in [0.2, 0.25) is 5.91 Å². The Labute approximate surface area is 163 Å². The Balaban J connectivity index is 1.36. The van der Waals surface area contributed by atoms with Gasteiger partial charge in [0.25, 0.3) is 0 Å². The van der Waals surface area contributed by atoms with Crippen molar-refractivity contribution in [2.75, 3.05) is 13.2 Å². The van der Waals surface area contributed by atoms with Gasteiger partial charge < -0.3 is 15.4 Å². The highest BCUT2D eigenvalue weighted by atomic mass is 19.1. The lowest BCUT2D eigenvalue weighted by Crippen LogP contribution is -2.40. The number of nitrogens with one attached hydrogen (secondary N) is 2. The number of carbonyl (C=O) groups is 1. The van der Waals surface area contributed by atoms with Crippen LogP contribution in [0, 0.1) is 0 Å². The molecule has 146 valence electrons. The molecule has 28 heavy (non-hydrogen) atoms. The van der Waals surface area contributed by atoms with Gasteiger partial charge in [-0.1, -0.05) is 30.3 Å². The average molecular weight is 382 g/mol. The molecule has 1 saturated heterocycles. The number of carbonyl (C=O) groups excluding carboxylic acids is 1. The number of benzene rings is 1. The largest absolute Gasteiger partial charge is 0.376 e. The number of hydrogen-bond donors (Lipinski definition) is 2. The van der Waals surface area contributed by atoms with Crippen molar-refractivity contribution in [2.24, 2.45) is 4.99 Å². The van der Waals surface area contributed by atoms with Gasteiger partial charge in [-0.25, -0.2) is 4.39 Å². The van der Waals surface area contributed by atoms with E-state index < -0.39 is 6.17 Å². The van der Waals surface area contributed by atoms with Crippen molar-refractivity contribution in [1.82, 2.24) is 15.6 Å². The van der Waals surface area contributed by atoms with Crippen molar-refractivity contribution in [3.05, 3.63) is 65.0 Å². The fourth-order valence-corrected chi connectivity index (χ4v) is 3.48. The number of amidine groups is 1. The third-order valence-corrected chi connectivity index (χ3v) is 5.06. The van der Waals surface area contributed by atoms with Crippen molar-refractivity contribution < 1.29 is 13.9 Å². The maximum Gasteiger partial charge on any atom is 0.226 e. The number of hydrogen-bond acceptors (Lipinski definition) is 5. The molecular formula is C21H23FN4O2. The Bertz CT molecular complexity index is 887. The van der Waals surface area contributed by atoms with Crippen LogP contribution in [0.3, 0.4) is 0 Å².